The van der Waals surface area contributed by atoms with Crippen LogP contribution < -0.4 is 5.73 Å². The second kappa shape index (κ2) is 6.26. The van der Waals surface area contributed by atoms with Gasteiger partial charge in [-0.15, -0.1) is 0 Å². The van der Waals surface area contributed by atoms with E-state index in [9.17, 15) is 0 Å². The molecule has 4 heteroatoms. The number of aliphatic imine (C=N–C) groups is 1. The molecular weight excluding hydrogens is 206 g/mol. The van der Waals surface area contributed by atoms with Gasteiger partial charge in [0.2, 0.25) is 0 Å². The first-order chi connectivity index (χ1) is 7.20. The maximum absolute atomic E-state index is 5.92. The molecule has 0 saturated carbocycles. The summed E-state index contributed by atoms with van der Waals surface area (Å²) in [5.74, 6) is 1.99. The molecule has 1 aliphatic heterocycles. The molecule has 15 heavy (non-hydrogen) atoms. The molecule has 2 N–H and O–H groups in total. The fourth-order valence-electron chi connectivity index (χ4n) is 2.03. The molecular formula is C11H23N3S. The normalized spacial score (nSPS) is 23.0. The van der Waals surface area contributed by atoms with Gasteiger partial charge >= 0.3 is 0 Å². The van der Waals surface area contributed by atoms with Crippen LogP contribution in [0.15, 0.2) is 4.99 Å². The zero-order valence-corrected chi connectivity index (χ0v) is 10.9. The van der Waals surface area contributed by atoms with Crippen LogP contribution in [0.2, 0.25) is 0 Å². The summed E-state index contributed by atoms with van der Waals surface area (Å²) >= 11 is 1.91. The molecule has 88 valence electrons. The second-order valence-corrected chi connectivity index (χ2v) is 5.14. The maximum atomic E-state index is 5.92. The average molecular weight is 229 g/mol. The largest absolute Gasteiger partial charge is 0.370 e. The van der Waals surface area contributed by atoms with Crippen LogP contribution in [0.5, 0.6) is 0 Å². The predicted molar refractivity (Wildman–Crippen MR) is 69.5 cm³/mol. The van der Waals surface area contributed by atoms with E-state index in [1.165, 1.54) is 18.6 Å². The molecule has 0 aromatic rings. The summed E-state index contributed by atoms with van der Waals surface area (Å²) in [4.78, 5) is 6.67. The maximum Gasteiger partial charge on any atom is 0.191 e. The van der Waals surface area contributed by atoms with Crippen LogP contribution in [0.1, 0.15) is 33.1 Å². The number of nitrogens with zero attached hydrogens (tertiary/aromatic N) is 2. The molecule has 0 bridgehead atoms. The van der Waals surface area contributed by atoms with E-state index in [0.29, 0.717) is 12.1 Å². The Bertz CT molecular complexity index is 218. The molecule has 0 amide bonds. The van der Waals surface area contributed by atoms with Gasteiger partial charge in [-0.1, -0.05) is 6.92 Å². The van der Waals surface area contributed by atoms with Crippen molar-refractivity contribution >= 4 is 17.7 Å². The summed E-state index contributed by atoms with van der Waals surface area (Å²) in [7, 11) is 0. The van der Waals surface area contributed by atoms with Crippen LogP contribution >= 0.6 is 11.8 Å². The summed E-state index contributed by atoms with van der Waals surface area (Å²) in [5, 5.41) is 0. The minimum absolute atomic E-state index is 0.524. The van der Waals surface area contributed by atoms with Crippen LogP contribution in [0.3, 0.4) is 0 Å². The van der Waals surface area contributed by atoms with E-state index in [1.807, 2.05) is 11.8 Å². The monoisotopic (exact) mass is 229 g/mol. The Balaban J connectivity index is 2.44. The third-order valence-corrected chi connectivity index (χ3v) is 3.77. The van der Waals surface area contributed by atoms with Crippen LogP contribution in [0, 0.1) is 0 Å². The SMILES string of the molecule is CCC(C)N1C(N)=NCC1CCCSC. The van der Waals surface area contributed by atoms with Gasteiger partial charge in [-0.25, -0.2) is 0 Å². The quantitative estimate of drug-likeness (QED) is 0.708. The van der Waals surface area contributed by atoms with Crippen molar-refractivity contribution in [2.45, 2.75) is 45.2 Å². The Labute approximate surface area is 97.5 Å². The van der Waals surface area contributed by atoms with Crippen molar-refractivity contribution < 1.29 is 0 Å². The first-order valence-corrected chi connectivity index (χ1v) is 7.17. The highest BCUT2D eigenvalue weighted by molar-refractivity contribution is 7.98. The fraction of sp³-hybridized carbons (Fsp3) is 0.909. The van der Waals surface area contributed by atoms with Crippen LogP contribution in [-0.2, 0) is 0 Å². The highest BCUT2D eigenvalue weighted by Crippen LogP contribution is 2.19. The van der Waals surface area contributed by atoms with E-state index in [2.05, 4.69) is 30.0 Å². The lowest BCUT2D eigenvalue weighted by atomic mass is 10.1. The lowest BCUT2D eigenvalue weighted by Crippen LogP contribution is -2.46. The highest BCUT2D eigenvalue weighted by atomic mass is 32.2. The molecule has 2 atom stereocenters. The first kappa shape index (κ1) is 12.7. The number of nitrogens with two attached hydrogens (primary N) is 1. The van der Waals surface area contributed by atoms with Crippen molar-refractivity contribution in [3.63, 3.8) is 0 Å². The van der Waals surface area contributed by atoms with E-state index >= 15 is 0 Å². The van der Waals surface area contributed by atoms with Gasteiger partial charge in [0.25, 0.3) is 0 Å². The molecule has 0 saturated heterocycles. The Morgan fingerprint density at radius 2 is 2.40 bits per heavy atom. The zero-order chi connectivity index (χ0) is 11.3. The smallest absolute Gasteiger partial charge is 0.191 e. The van der Waals surface area contributed by atoms with Crippen LogP contribution in [-0.4, -0.2) is 41.5 Å². The third-order valence-electron chi connectivity index (χ3n) is 3.07. The van der Waals surface area contributed by atoms with E-state index in [0.717, 1.165) is 18.9 Å². The number of thioether (sulfide) groups is 1. The third kappa shape index (κ3) is 3.30. The van der Waals surface area contributed by atoms with E-state index in [-0.39, 0.29) is 0 Å². The van der Waals surface area contributed by atoms with Gasteiger partial charge in [0.1, 0.15) is 0 Å². The zero-order valence-electron chi connectivity index (χ0n) is 10.1. The molecule has 0 spiro atoms. The summed E-state index contributed by atoms with van der Waals surface area (Å²) in [6, 6.07) is 1.07. The van der Waals surface area contributed by atoms with Gasteiger partial charge in [0.05, 0.1) is 12.6 Å². The number of guanidine groups is 1. The molecule has 1 heterocycles. The molecule has 0 aliphatic carbocycles. The summed E-state index contributed by atoms with van der Waals surface area (Å²) < 4.78 is 0. The van der Waals surface area contributed by atoms with E-state index in [1.54, 1.807) is 0 Å². The van der Waals surface area contributed by atoms with Gasteiger partial charge in [-0.3, -0.25) is 4.99 Å². The average Bonchev–Trinajstić information content (AvgIpc) is 2.59. The second-order valence-electron chi connectivity index (χ2n) is 4.15. The molecule has 0 aromatic heterocycles. The van der Waals surface area contributed by atoms with E-state index < -0.39 is 0 Å². The molecule has 0 aromatic carbocycles. The van der Waals surface area contributed by atoms with Crippen molar-refractivity contribution in [3.8, 4) is 0 Å². The summed E-state index contributed by atoms with van der Waals surface area (Å²) in [6.07, 6.45) is 5.78. The Morgan fingerprint density at radius 3 is 3.00 bits per heavy atom. The Kier molecular flexibility index (Phi) is 5.29. The van der Waals surface area contributed by atoms with Crippen LogP contribution in [0.25, 0.3) is 0 Å². The number of hydrogen-bond acceptors (Lipinski definition) is 4. The van der Waals surface area contributed by atoms with Crippen LogP contribution in [0.4, 0.5) is 0 Å². The summed E-state index contributed by atoms with van der Waals surface area (Å²) in [6.45, 7) is 5.33. The van der Waals surface area contributed by atoms with Crippen molar-refractivity contribution in [1.29, 1.82) is 0 Å². The highest BCUT2D eigenvalue weighted by Gasteiger charge is 2.28. The molecule has 3 nitrogen and oxygen atoms in total. The van der Waals surface area contributed by atoms with Crippen molar-refractivity contribution in [2.24, 2.45) is 10.7 Å². The predicted octanol–water partition coefficient (Wildman–Crippen LogP) is 1.93. The lowest BCUT2D eigenvalue weighted by Gasteiger charge is -2.31. The fourth-order valence-corrected chi connectivity index (χ4v) is 2.49. The minimum atomic E-state index is 0.524. The van der Waals surface area contributed by atoms with Gasteiger partial charge in [-0.2, -0.15) is 11.8 Å². The molecule has 2 unspecified atom stereocenters. The number of hydrogen-bond donors (Lipinski definition) is 1. The Hall–Kier alpha value is -0.380. The molecule has 0 fully saturated rings. The van der Waals surface area contributed by atoms with E-state index in [4.69, 9.17) is 5.73 Å². The molecule has 1 aliphatic rings. The lowest BCUT2D eigenvalue weighted by molar-refractivity contribution is 0.253. The Morgan fingerprint density at radius 1 is 1.67 bits per heavy atom. The standard InChI is InChI=1S/C11H23N3S/c1-4-9(2)14-10(6-5-7-15-3)8-13-11(14)12/h9-10H,4-8H2,1-3H3,(H2,12,13). The number of rotatable bonds is 6. The van der Waals surface area contributed by atoms with Gasteiger partial charge in [0.15, 0.2) is 5.96 Å². The topological polar surface area (TPSA) is 41.6 Å². The van der Waals surface area contributed by atoms with Gasteiger partial charge in [-0.05, 0) is 38.2 Å². The molecule has 0 radical (unpaired) electrons. The molecule has 1 rings (SSSR count). The van der Waals surface area contributed by atoms with Gasteiger partial charge < -0.3 is 10.6 Å². The van der Waals surface area contributed by atoms with Crippen molar-refractivity contribution in [2.75, 3.05) is 18.6 Å². The first-order valence-electron chi connectivity index (χ1n) is 5.77. The van der Waals surface area contributed by atoms with Gasteiger partial charge in [0, 0.05) is 6.04 Å². The van der Waals surface area contributed by atoms with Crippen molar-refractivity contribution in [1.82, 2.24) is 4.90 Å². The minimum Gasteiger partial charge on any atom is -0.370 e. The summed E-state index contributed by atoms with van der Waals surface area (Å²) in [5.41, 5.74) is 5.92. The van der Waals surface area contributed by atoms with Crippen molar-refractivity contribution in [3.05, 3.63) is 0 Å².